The normalized spacial score (nSPS) is 16.6. The lowest BCUT2D eigenvalue weighted by atomic mass is 10.1. The van der Waals surface area contributed by atoms with Crippen LogP contribution < -0.4 is 5.73 Å². The van der Waals surface area contributed by atoms with Crippen molar-refractivity contribution in [2.24, 2.45) is 18.7 Å². The third kappa shape index (κ3) is 3.10. The van der Waals surface area contributed by atoms with E-state index >= 15 is 0 Å². The van der Waals surface area contributed by atoms with Crippen molar-refractivity contribution in [3.63, 3.8) is 0 Å². The van der Waals surface area contributed by atoms with Gasteiger partial charge in [0.15, 0.2) is 0 Å². The van der Waals surface area contributed by atoms with Crippen molar-refractivity contribution < 1.29 is 4.79 Å². The zero-order chi connectivity index (χ0) is 13.1. The van der Waals surface area contributed by atoms with Gasteiger partial charge in [0, 0.05) is 31.9 Å². The van der Waals surface area contributed by atoms with E-state index in [1.807, 2.05) is 18.1 Å². The van der Waals surface area contributed by atoms with E-state index in [2.05, 4.69) is 12.0 Å². The molecule has 0 aliphatic heterocycles. The topological polar surface area (TPSA) is 64.2 Å². The lowest BCUT2D eigenvalue weighted by Crippen LogP contribution is -2.40. The van der Waals surface area contributed by atoms with Crippen LogP contribution in [0, 0.1) is 5.92 Å². The molecule has 1 aromatic rings. The molecule has 1 fully saturated rings. The van der Waals surface area contributed by atoms with Crippen molar-refractivity contribution in [2.45, 2.75) is 32.2 Å². The van der Waals surface area contributed by atoms with Gasteiger partial charge in [0.1, 0.15) is 6.04 Å². The highest BCUT2D eigenvalue weighted by Gasteiger charge is 2.29. The molecule has 5 heteroatoms. The van der Waals surface area contributed by atoms with E-state index in [1.54, 1.807) is 10.9 Å². The van der Waals surface area contributed by atoms with E-state index in [4.69, 9.17) is 5.73 Å². The first-order valence-electron chi connectivity index (χ1n) is 6.64. The molecular weight excluding hydrogens is 228 g/mol. The number of aromatic nitrogens is 2. The van der Waals surface area contributed by atoms with E-state index < -0.39 is 6.04 Å². The van der Waals surface area contributed by atoms with E-state index in [1.165, 1.54) is 12.8 Å². The quantitative estimate of drug-likeness (QED) is 0.821. The Hall–Kier alpha value is -1.36. The molecule has 1 amide bonds. The van der Waals surface area contributed by atoms with E-state index in [-0.39, 0.29) is 5.91 Å². The van der Waals surface area contributed by atoms with Crippen LogP contribution in [0.5, 0.6) is 0 Å². The highest BCUT2D eigenvalue weighted by atomic mass is 16.2. The Morgan fingerprint density at radius 1 is 1.67 bits per heavy atom. The predicted molar refractivity (Wildman–Crippen MR) is 69.7 cm³/mol. The zero-order valence-corrected chi connectivity index (χ0v) is 11.2. The molecule has 1 aliphatic rings. The van der Waals surface area contributed by atoms with Gasteiger partial charge in [-0.3, -0.25) is 9.48 Å². The van der Waals surface area contributed by atoms with Gasteiger partial charge < -0.3 is 10.6 Å². The first-order chi connectivity index (χ1) is 8.61. The molecule has 1 atom stereocenters. The smallest absolute Gasteiger partial charge is 0.244 e. The molecule has 18 heavy (non-hydrogen) atoms. The molecule has 1 heterocycles. The summed E-state index contributed by atoms with van der Waals surface area (Å²) in [7, 11) is 1.83. The minimum absolute atomic E-state index is 0.0248. The Kier molecular flexibility index (Phi) is 4.01. The summed E-state index contributed by atoms with van der Waals surface area (Å²) in [5.41, 5.74) is 6.83. The Balaban J connectivity index is 2.01. The summed E-state index contributed by atoms with van der Waals surface area (Å²) >= 11 is 0. The van der Waals surface area contributed by atoms with Crippen LogP contribution in [0.25, 0.3) is 0 Å². The molecular formula is C13H22N4O. The van der Waals surface area contributed by atoms with E-state index in [0.717, 1.165) is 25.1 Å². The summed E-state index contributed by atoms with van der Waals surface area (Å²) in [6.07, 6.45) is 6.94. The van der Waals surface area contributed by atoms with Crippen LogP contribution in [0.2, 0.25) is 0 Å². The number of nitrogens with zero attached hydrogens (tertiary/aromatic N) is 3. The second-order valence-electron chi connectivity index (χ2n) is 5.15. The van der Waals surface area contributed by atoms with E-state index in [0.29, 0.717) is 5.92 Å². The second-order valence-corrected chi connectivity index (χ2v) is 5.15. The first kappa shape index (κ1) is 13.1. The highest BCUT2D eigenvalue weighted by Crippen LogP contribution is 2.30. The Morgan fingerprint density at radius 3 is 2.89 bits per heavy atom. The average Bonchev–Trinajstić information content (AvgIpc) is 3.07. The molecule has 5 nitrogen and oxygen atoms in total. The van der Waals surface area contributed by atoms with Crippen molar-refractivity contribution in [2.75, 3.05) is 13.1 Å². The maximum absolute atomic E-state index is 12.4. The van der Waals surface area contributed by atoms with Crippen molar-refractivity contribution in [1.82, 2.24) is 14.7 Å². The zero-order valence-electron chi connectivity index (χ0n) is 11.2. The standard InChI is InChI=1S/C13H22N4O/c1-3-6-17(8-10-4-5-10)13(18)12(14)11-7-15-16(2)9-11/h7,9-10,12H,3-6,8,14H2,1-2H3. The summed E-state index contributed by atoms with van der Waals surface area (Å²) in [6.45, 7) is 3.74. The number of amides is 1. The number of aryl methyl sites for hydroxylation is 1. The molecule has 1 saturated carbocycles. The monoisotopic (exact) mass is 250 g/mol. The first-order valence-corrected chi connectivity index (χ1v) is 6.64. The van der Waals surface area contributed by atoms with Crippen LogP contribution in [0.1, 0.15) is 37.8 Å². The molecule has 0 bridgehead atoms. The minimum Gasteiger partial charge on any atom is -0.341 e. The molecule has 1 unspecified atom stereocenters. The molecule has 0 saturated heterocycles. The van der Waals surface area contributed by atoms with Gasteiger partial charge >= 0.3 is 0 Å². The summed E-state index contributed by atoms with van der Waals surface area (Å²) in [5, 5.41) is 4.06. The number of hydrogen-bond acceptors (Lipinski definition) is 3. The number of carbonyl (C=O) groups excluding carboxylic acids is 1. The molecule has 0 radical (unpaired) electrons. The molecule has 0 aromatic carbocycles. The second kappa shape index (κ2) is 5.52. The van der Waals surface area contributed by atoms with Gasteiger partial charge in [0.05, 0.1) is 6.20 Å². The van der Waals surface area contributed by atoms with Gasteiger partial charge in [-0.2, -0.15) is 5.10 Å². The van der Waals surface area contributed by atoms with Gasteiger partial charge in [-0.05, 0) is 25.2 Å². The van der Waals surface area contributed by atoms with Gasteiger partial charge in [0.25, 0.3) is 0 Å². The van der Waals surface area contributed by atoms with Crippen LogP contribution in [-0.2, 0) is 11.8 Å². The molecule has 1 aliphatic carbocycles. The van der Waals surface area contributed by atoms with Crippen LogP contribution >= 0.6 is 0 Å². The van der Waals surface area contributed by atoms with Gasteiger partial charge in [0.2, 0.25) is 5.91 Å². The number of hydrogen-bond donors (Lipinski definition) is 1. The number of carbonyl (C=O) groups is 1. The fraction of sp³-hybridized carbons (Fsp3) is 0.692. The predicted octanol–water partition coefficient (Wildman–Crippen LogP) is 1.07. The number of rotatable bonds is 6. The third-order valence-electron chi connectivity index (χ3n) is 3.33. The van der Waals surface area contributed by atoms with Crippen LogP contribution in [-0.4, -0.2) is 33.7 Å². The number of nitrogens with two attached hydrogens (primary N) is 1. The fourth-order valence-electron chi connectivity index (χ4n) is 2.11. The summed E-state index contributed by atoms with van der Waals surface area (Å²) in [5.74, 6) is 0.721. The maximum Gasteiger partial charge on any atom is 0.244 e. The fourth-order valence-corrected chi connectivity index (χ4v) is 2.11. The van der Waals surface area contributed by atoms with Crippen LogP contribution in [0.3, 0.4) is 0 Å². The maximum atomic E-state index is 12.4. The lowest BCUT2D eigenvalue weighted by molar-refractivity contribution is -0.133. The largest absolute Gasteiger partial charge is 0.341 e. The summed E-state index contributed by atoms with van der Waals surface area (Å²) < 4.78 is 1.67. The third-order valence-corrected chi connectivity index (χ3v) is 3.33. The van der Waals surface area contributed by atoms with Crippen molar-refractivity contribution in [3.05, 3.63) is 18.0 Å². The average molecular weight is 250 g/mol. The molecule has 2 N–H and O–H groups in total. The minimum atomic E-state index is -0.580. The van der Waals surface area contributed by atoms with Crippen LogP contribution in [0.4, 0.5) is 0 Å². The molecule has 2 rings (SSSR count). The van der Waals surface area contributed by atoms with Gasteiger partial charge in [-0.1, -0.05) is 6.92 Å². The van der Waals surface area contributed by atoms with Gasteiger partial charge in [-0.15, -0.1) is 0 Å². The van der Waals surface area contributed by atoms with Crippen molar-refractivity contribution >= 4 is 5.91 Å². The highest BCUT2D eigenvalue weighted by molar-refractivity contribution is 5.83. The Labute approximate surface area is 108 Å². The lowest BCUT2D eigenvalue weighted by Gasteiger charge is -2.24. The van der Waals surface area contributed by atoms with Crippen LogP contribution in [0.15, 0.2) is 12.4 Å². The molecule has 0 spiro atoms. The molecule has 100 valence electrons. The van der Waals surface area contributed by atoms with Crippen molar-refractivity contribution in [3.8, 4) is 0 Å². The SMILES string of the molecule is CCCN(CC1CC1)C(=O)C(N)c1cnn(C)c1. The van der Waals surface area contributed by atoms with Crippen molar-refractivity contribution in [1.29, 1.82) is 0 Å². The summed E-state index contributed by atoms with van der Waals surface area (Å²) in [4.78, 5) is 14.3. The van der Waals surface area contributed by atoms with E-state index in [9.17, 15) is 4.79 Å². The Morgan fingerprint density at radius 2 is 2.39 bits per heavy atom. The molecule has 1 aromatic heterocycles. The summed E-state index contributed by atoms with van der Waals surface area (Å²) in [6, 6.07) is -0.580. The van der Waals surface area contributed by atoms with Gasteiger partial charge in [-0.25, -0.2) is 0 Å². The Bertz CT molecular complexity index is 411.